The van der Waals surface area contributed by atoms with Crippen LogP contribution in [0.4, 0.5) is 0 Å². The molecule has 1 aliphatic carbocycles. The topological polar surface area (TPSA) is 54.9 Å². The number of guanidine groups is 1. The van der Waals surface area contributed by atoms with Gasteiger partial charge in [-0.3, -0.25) is 0 Å². The van der Waals surface area contributed by atoms with E-state index < -0.39 is 0 Å². The highest BCUT2D eigenvalue weighted by molar-refractivity contribution is 14.0. The third-order valence-electron chi connectivity index (χ3n) is 3.60. The molecular formula is C17H27ClIN3O2. The van der Waals surface area contributed by atoms with Crippen molar-refractivity contribution in [3.05, 3.63) is 22.7 Å². The van der Waals surface area contributed by atoms with Gasteiger partial charge in [0.2, 0.25) is 0 Å². The van der Waals surface area contributed by atoms with Crippen LogP contribution in [0.1, 0.15) is 32.3 Å². The van der Waals surface area contributed by atoms with E-state index in [4.69, 9.17) is 21.1 Å². The summed E-state index contributed by atoms with van der Waals surface area (Å²) in [4.78, 5) is 4.62. The number of aliphatic imine (C=N–C) groups is 1. The van der Waals surface area contributed by atoms with Crippen molar-refractivity contribution in [1.29, 1.82) is 0 Å². The van der Waals surface area contributed by atoms with Crippen LogP contribution in [0, 0.1) is 5.92 Å². The maximum absolute atomic E-state index is 6.29. The molecule has 1 fully saturated rings. The Hall–Kier alpha value is -0.890. The molecule has 0 atom stereocenters. The first-order valence-electron chi connectivity index (χ1n) is 8.19. The van der Waals surface area contributed by atoms with Gasteiger partial charge in [-0.1, -0.05) is 11.6 Å². The summed E-state index contributed by atoms with van der Waals surface area (Å²) in [5, 5.41) is 7.19. The molecule has 1 aromatic carbocycles. The van der Waals surface area contributed by atoms with Gasteiger partial charge in [0.1, 0.15) is 0 Å². The SMILES string of the molecule is CCNC(=NCc1cc(Cl)c(OCC)c(OC)c1)NCC1CC1.I. The molecule has 0 saturated heterocycles. The number of hydrogen-bond acceptors (Lipinski definition) is 3. The first kappa shape index (κ1) is 21.2. The minimum atomic E-state index is 0. The lowest BCUT2D eigenvalue weighted by Gasteiger charge is -2.13. The monoisotopic (exact) mass is 467 g/mol. The van der Waals surface area contributed by atoms with Crippen molar-refractivity contribution in [2.24, 2.45) is 10.9 Å². The van der Waals surface area contributed by atoms with Crippen LogP contribution in [0.3, 0.4) is 0 Å². The van der Waals surface area contributed by atoms with E-state index in [1.807, 2.05) is 19.1 Å². The second-order valence-corrected chi connectivity index (χ2v) is 5.97. The quantitative estimate of drug-likeness (QED) is 0.347. The van der Waals surface area contributed by atoms with Crippen molar-refractivity contribution in [2.75, 3.05) is 26.8 Å². The third-order valence-corrected chi connectivity index (χ3v) is 3.88. The second kappa shape index (κ2) is 10.9. The molecule has 0 spiro atoms. The molecule has 136 valence electrons. The zero-order chi connectivity index (χ0) is 16.7. The van der Waals surface area contributed by atoms with Gasteiger partial charge in [-0.25, -0.2) is 4.99 Å². The predicted octanol–water partition coefficient (Wildman–Crippen LogP) is 3.83. The molecule has 0 heterocycles. The van der Waals surface area contributed by atoms with Crippen LogP contribution in [0.2, 0.25) is 5.02 Å². The Labute approximate surface area is 166 Å². The number of methoxy groups -OCH3 is 1. The number of benzene rings is 1. The minimum Gasteiger partial charge on any atom is -0.493 e. The lowest BCUT2D eigenvalue weighted by molar-refractivity contribution is 0.311. The van der Waals surface area contributed by atoms with Crippen LogP contribution in [0.25, 0.3) is 0 Å². The number of nitrogens with zero attached hydrogens (tertiary/aromatic N) is 1. The fraction of sp³-hybridized carbons (Fsp3) is 0.588. The van der Waals surface area contributed by atoms with E-state index in [2.05, 4.69) is 22.5 Å². The van der Waals surface area contributed by atoms with Gasteiger partial charge in [0.15, 0.2) is 17.5 Å². The lowest BCUT2D eigenvalue weighted by atomic mass is 10.2. The summed E-state index contributed by atoms with van der Waals surface area (Å²) in [6, 6.07) is 3.80. The maximum Gasteiger partial charge on any atom is 0.191 e. The molecule has 0 unspecified atom stereocenters. The van der Waals surface area contributed by atoms with E-state index in [9.17, 15) is 0 Å². The second-order valence-electron chi connectivity index (χ2n) is 5.56. The van der Waals surface area contributed by atoms with Crippen LogP contribution in [-0.4, -0.2) is 32.8 Å². The summed E-state index contributed by atoms with van der Waals surface area (Å²) in [7, 11) is 1.61. The first-order valence-corrected chi connectivity index (χ1v) is 8.57. The highest BCUT2D eigenvalue weighted by Gasteiger charge is 2.21. The Bertz CT molecular complexity index is 551. The number of halogens is 2. The Morgan fingerprint density at radius 3 is 2.62 bits per heavy atom. The molecule has 1 saturated carbocycles. The number of nitrogens with one attached hydrogen (secondary N) is 2. The van der Waals surface area contributed by atoms with Crippen LogP contribution in [-0.2, 0) is 6.54 Å². The highest BCUT2D eigenvalue weighted by Crippen LogP contribution is 2.36. The number of rotatable bonds is 8. The minimum absolute atomic E-state index is 0. The average molecular weight is 468 g/mol. The van der Waals surface area contributed by atoms with Gasteiger partial charge in [-0.15, -0.1) is 24.0 Å². The van der Waals surface area contributed by atoms with Crippen LogP contribution < -0.4 is 20.1 Å². The summed E-state index contributed by atoms with van der Waals surface area (Å²) in [6.07, 6.45) is 2.64. The lowest BCUT2D eigenvalue weighted by Crippen LogP contribution is -2.38. The molecule has 0 aliphatic heterocycles. The van der Waals surface area contributed by atoms with Gasteiger partial charge in [-0.2, -0.15) is 0 Å². The Morgan fingerprint density at radius 1 is 1.29 bits per heavy atom. The molecule has 7 heteroatoms. The van der Waals surface area contributed by atoms with Crippen LogP contribution >= 0.6 is 35.6 Å². The van der Waals surface area contributed by atoms with E-state index in [0.29, 0.717) is 29.7 Å². The average Bonchev–Trinajstić information content (AvgIpc) is 3.36. The first-order chi connectivity index (χ1) is 11.2. The van der Waals surface area contributed by atoms with Gasteiger partial charge in [0.05, 0.1) is 25.3 Å². The zero-order valence-corrected chi connectivity index (χ0v) is 17.6. The molecule has 2 N–H and O–H groups in total. The molecule has 0 radical (unpaired) electrons. The molecular weight excluding hydrogens is 441 g/mol. The van der Waals surface area contributed by atoms with Crippen molar-refractivity contribution < 1.29 is 9.47 Å². The predicted molar refractivity (Wildman–Crippen MR) is 110 cm³/mol. The molecule has 5 nitrogen and oxygen atoms in total. The Morgan fingerprint density at radius 2 is 2.04 bits per heavy atom. The van der Waals surface area contributed by atoms with Gasteiger partial charge >= 0.3 is 0 Å². The zero-order valence-electron chi connectivity index (χ0n) is 14.5. The summed E-state index contributed by atoms with van der Waals surface area (Å²) >= 11 is 6.29. The van der Waals surface area contributed by atoms with E-state index in [0.717, 1.165) is 30.5 Å². The van der Waals surface area contributed by atoms with Crippen molar-refractivity contribution >= 4 is 41.5 Å². The summed E-state index contributed by atoms with van der Waals surface area (Å²) in [6.45, 7) is 6.88. The maximum atomic E-state index is 6.29. The van der Waals surface area contributed by atoms with Crippen molar-refractivity contribution in [2.45, 2.75) is 33.2 Å². The number of ether oxygens (including phenoxy) is 2. The standard InChI is InChI=1S/C17H26ClN3O2.HI/c1-4-19-17(20-10-12-6-7-12)21-11-13-8-14(18)16(23-5-2)15(9-13)22-3;/h8-9,12H,4-7,10-11H2,1-3H3,(H2,19,20,21);1H. The van der Waals surface area contributed by atoms with E-state index in [1.54, 1.807) is 7.11 Å². The normalized spacial score (nSPS) is 13.9. The van der Waals surface area contributed by atoms with E-state index >= 15 is 0 Å². The van der Waals surface area contributed by atoms with E-state index in [1.165, 1.54) is 12.8 Å². The molecule has 1 aliphatic rings. The summed E-state index contributed by atoms with van der Waals surface area (Å²) in [5.74, 6) is 2.87. The molecule has 1 aromatic rings. The molecule has 0 bridgehead atoms. The van der Waals surface area contributed by atoms with Gasteiger partial charge < -0.3 is 20.1 Å². The van der Waals surface area contributed by atoms with Gasteiger partial charge in [-0.05, 0) is 50.3 Å². The van der Waals surface area contributed by atoms with Gasteiger partial charge in [0.25, 0.3) is 0 Å². The van der Waals surface area contributed by atoms with Crippen LogP contribution in [0.5, 0.6) is 11.5 Å². The highest BCUT2D eigenvalue weighted by atomic mass is 127. The molecule has 0 aromatic heterocycles. The smallest absolute Gasteiger partial charge is 0.191 e. The molecule has 2 rings (SSSR count). The summed E-state index contributed by atoms with van der Waals surface area (Å²) in [5.41, 5.74) is 0.985. The van der Waals surface area contributed by atoms with Crippen molar-refractivity contribution in [1.82, 2.24) is 10.6 Å². The fourth-order valence-corrected chi connectivity index (χ4v) is 2.51. The number of hydrogen-bond donors (Lipinski definition) is 2. The van der Waals surface area contributed by atoms with E-state index in [-0.39, 0.29) is 24.0 Å². The van der Waals surface area contributed by atoms with Crippen molar-refractivity contribution in [3.8, 4) is 11.5 Å². The molecule has 0 amide bonds. The third kappa shape index (κ3) is 6.55. The fourth-order valence-electron chi connectivity index (χ4n) is 2.22. The Balaban J connectivity index is 0.00000288. The Kier molecular flexibility index (Phi) is 9.58. The van der Waals surface area contributed by atoms with Crippen LogP contribution in [0.15, 0.2) is 17.1 Å². The van der Waals surface area contributed by atoms with Crippen molar-refractivity contribution in [3.63, 3.8) is 0 Å². The summed E-state index contributed by atoms with van der Waals surface area (Å²) < 4.78 is 10.9. The van der Waals surface area contributed by atoms with Gasteiger partial charge in [0, 0.05) is 13.1 Å². The molecule has 24 heavy (non-hydrogen) atoms. The largest absolute Gasteiger partial charge is 0.493 e.